The van der Waals surface area contributed by atoms with E-state index in [9.17, 15) is 4.79 Å². The third-order valence-corrected chi connectivity index (χ3v) is 1.91. The first kappa shape index (κ1) is 7.16. The molecule has 0 saturated carbocycles. The summed E-state index contributed by atoms with van der Waals surface area (Å²) in [5.41, 5.74) is 1.64. The van der Waals surface area contributed by atoms with E-state index in [1.54, 1.807) is 12.4 Å². The molecule has 0 atom stereocenters. The highest BCUT2D eigenvalue weighted by atomic mass is 16.1. The third kappa shape index (κ3) is 0.942. The molecule has 0 spiro atoms. The van der Waals surface area contributed by atoms with Gasteiger partial charge >= 0.3 is 0 Å². The lowest BCUT2D eigenvalue weighted by Crippen LogP contribution is -2.07. The van der Waals surface area contributed by atoms with E-state index in [-0.39, 0.29) is 5.78 Å². The number of carbonyl (C=O) groups is 1. The SMILES string of the molecule is Cc1ccnc2c1C(=O)CC=N2. The van der Waals surface area contributed by atoms with Gasteiger partial charge in [0.1, 0.15) is 0 Å². The van der Waals surface area contributed by atoms with E-state index in [0.29, 0.717) is 17.8 Å². The summed E-state index contributed by atoms with van der Waals surface area (Å²) in [6.45, 7) is 1.90. The molecular weight excluding hydrogens is 152 g/mol. The Morgan fingerprint density at radius 3 is 3.08 bits per heavy atom. The van der Waals surface area contributed by atoms with Crippen LogP contribution in [0.2, 0.25) is 0 Å². The number of hydrogen-bond donors (Lipinski definition) is 0. The molecule has 0 N–H and O–H groups in total. The van der Waals surface area contributed by atoms with Crippen molar-refractivity contribution in [3.05, 3.63) is 23.4 Å². The Kier molecular flexibility index (Phi) is 1.50. The summed E-state index contributed by atoms with van der Waals surface area (Å²) in [7, 11) is 0. The van der Waals surface area contributed by atoms with Crippen LogP contribution in [0.3, 0.4) is 0 Å². The number of Topliss-reactive ketones (excluding diaryl/α,β-unsaturated/α-hetero) is 1. The fourth-order valence-corrected chi connectivity index (χ4v) is 1.30. The zero-order chi connectivity index (χ0) is 8.55. The molecule has 2 heterocycles. The molecule has 1 aliphatic heterocycles. The van der Waals surface area contributed by atoms with E-state index >= 15 is 0 Å². The first-order valence-electron chi connectivity index (χ1n) is 3.80. The van der Waals surface area contributed by atoms with Gasteiger partial charge in [-0.2, -0.15) is 0 Å². The number of aliphatic imine (C=N–C) groups is 1. The predicted molar refractivity (Wildman–Crippen MR) is 46.1 cm³/mol. The molecule has 3 nitrogen and oxygen atoms in total. The van der Waals surface area contributed by atoms with Gasteiger partial charge in [0, 0.05) is 18.8 Å². The molecule has 1 aromatic rings. The molecule has 0 radical (unpaired) electrons. The maximum absolute atomic E-state index is 11.4. The second-order valence-electron chi connectivity index (χ2n) is 2.77. The number of rotatable bonds is 0. The highest BCUT2D eigenvalue weighted by molar-refractivity contribution is 6.10. The Morgan fingerprint density at radius 1 is 1.50 bits per heavy atom. The van der Waals surface area contributed by atoms with Crippen molar-refractivity contribution in [3.63, 3.8) is 0 Å². The minimum atomic E-state index is 0.116. The van der Waals surface area contributed by atoms with Crippen LogP contribution in [0.4, 0.5) is 5.82 Å². The topological polar surface area (TPSA) is 42.3 Å². The van der Waals surface area contributed by atoms with Gasteiger partial charge < -0.3 is 0 Å². The second kappa shape index (κ2) is 2.52. The highest BCUT2D eigenvalue weighted by Crippen LogP contribution is 2.23. The van der Waals surface area contributed by atoms with E-state index in [4.69, 9.17) is 0 Å². The van der Waals surface area contributed by atoms with Gasteiger partial charge in [0.05, 0.1) is 5.56 Å². The maximum atomic E-state index is 11.4. The number of aromatic nitrogens is 1. The Morgan fingerprint density at radius 2 is 2.33 bits per heavy atom. The van der Waals surface area contributed by atoms with Crippen LogP contribution in [0.1, 0.15) is 22.3 Å². The molecule has 2 rings (SSSR count). The van der Waals surface area contributed by atoms with Crippen LogP contribution in [0.15, 0.2) is 17.3 Å². The fraction of sp³-hybridized carbons (Fsp3) is 0.222. The lowest BCUT2D eigenvalue weighted by Gasteiger charge is -2.08. The summed E-state index contributed by atoms with van der Waals surface area (Å²) in [6.07, 6.45) is 3.68. The molecule has 12 heavy (non-hydrogen) atoms. The Hall–Kier alpha value is -1.51. The molecule has 0 bridgehead atoms. The molecule has 0 aromatic carbocycles. The molecule has 1 aromatic heterocycles. The summed E-state index contributed by atoms with van der Waals surface area (Å²) >= 11 is 0. The van der Waals surface area contributed by atoms with E-state index in [1.807, 2.05) is 13.0 Å². The normalized spacial score (nSPS) is 14.6. The molecule has 60 valence electrons. The average Bonchev–Trinajstić information content (AvgIpc) is 2.04. The van der Waals surface area contributed by atoms with E-state index in [2.05, 4.69) is 9.98 Å². The van der Waals surface area contributed by atoms with Gasteiger partial charge in [0.15, 0.2) is 11.6 Å². The first-order valence-corrected chi connectivity index (χ1v) is 3.80. The fourth-order valence-electron chi connectivity index (χ4n) is 1.30. The number of pyridine rings is 1. The van der Waals surface area contributed by atoms with Crippen LogP contribution in [-0.2, 0) is 0 Å². The van der Waals surface area contributed by atoms with Gasteiger partial charge in [0.25, 0.3) is 0 Å². The van der Waals surface area contributed by atoms with Gasteiger partial charge in [0.2, 0.25) is 0 Å². The maximum Gasteiger partial charge on any atom is 0.172 e. The minimum Gasteiger partial charge on any atom is -0.294 e. The van der Waals surface area contributed by atoms with Crippen molar-refractivity contribution in [2.45, 2.75) is 13.3 Å². The summed E-state index contributed by atoms with van der Waals surface area (Å²) in [6, 6.07) is 1.83. The van der Waals surface area contributed by atoms with Crippen molar-refractivity contribution in [1.29, 1.82) is 0 Å². The Bertz CT molecular complexity index is 369. The van der Waals surface area contributed by atoms with Crippen LogP contribution in [0.25, 0.3) is 0 Å². The quantitative estimate of drug-likeness (QED) is 0.579. The molecule has 0 amide bonds. The van der Waals surface area contributed by atoms with Crippen molar-refractivity contribution in [1.82, 2.24) is 4.98 Å². The minimum absolute atomic E-state index is 0.116. The van der Waals surface area contributed by atoms with Crippen molar-refractivity contribution in [2.24, 2.45) is 4.99 Å². The molecule has 1 aliphatic rings. The Labute approximate surface area is 70.2 Å². The predicted octanol–water partition coefficient (Wildman–Crippen LogP) is 1.68. The third-order valence-electron chi connectivity index (χ3n) is 1.91. The largest absolute Gasteiger partial charge is 0.294 e. The van der Waals surface area contributed by atoms with Gasteiger partial charge in [-0.3, -0.25) is 4.79 Å². The van der Waals surface area contributed by atoms with Crippen LogP contribution in [-0.4, -0.2) is 17.0 Å². The van der Waals surface area contributed by atoms with Gasteiger partial charge in [-0.25, -0.2) is 9.98 Å². The van der Waals surface area contributed by atoms with E-state index in [0.717, 1.165) is 5.56 Å². The standard InChI is InChI=1S/C9H8N2O/c1-6-2-4-10-9-8(6)7(12)3-5-11-9/h2,4-5H,3H2,1H3. The van der Waals surface area contributed by atoms with Crippen LogP contribution < -0.4 is 0 Å². The number of hydrogen-bond acceptors (Lipinski definition) is 3. The van der Waals surface area contributed by atoms with Gasteiger partial charge in [-0.15, -0.1) is 0 Å². The number of aryl methyl sites for hydroxylation is 1. The average molecular weight is 160 g/mol. The van der Waals surface area contributed by atoms with E-state index in [1.165, 1.54) is 0 Å². The first-order chi connectivity index (χ1) is 5.79. The molecular formula is C9H8N2O. The molecule has 0 saturated heterocycles. The van der Waals surface area contributed by atoms with Crippen molar-refractivity contribution >= 4 is 17.8 Å². The molecule has 0 fully saturated rings. The molecule has 0 unspecified atom stereocenters. The van der Waals surface area contributed by atoms with Crippen molar-refractivity contribution in [2.75, 3.05) is 0 Å². The van der Waals surface area contributed by atoms with Crippen molar-refractivity contribution < 1.29 is 4.79 Å². The zero-order valence-corrected chi connectivity index (χ0v) is 6.74. The smallest absolute Gasteiger partial charge is 0.172 e. The molecule has 3 heteroatoms. The number of carbonyl (C=O) groups excluding carboxylic acids is 1. The summed E-state index contributed by atoms with van der Waals surface area (Å²) in [5, 5.41) is 0. The lowest BCUT2D eigenvalue weighted by atomic mass is 10.0. The number of nitrogens with zero attached hydrogens (tertiary/aromatic N) is 2. The number of ketones is 1. The van der Waals surface area contributed by atoms with Gasteiger partial charge in [-0.05, 0) is 18.6 Å². The zero-order valence-electron chi connectivity index (χ0n) is 6.74. The molecule has 0 aliphatic carbocycles. The summed E-state index contributed by atoms with van der Waals surface area (Å²) in [5.74, 6) is 0.678. The van der Waals surface area contributed by atoms with E-state index < -0.39 is 0 Å². The lowest BCUT2D eigenvalue weighted by molar-refractivity contribution is 0.1000. The summed E-state index contributed by atoms with van der Waals surface area (Å²) in [4.78, 5) is 19.4. The highest BCUT2D eigenvalue weighted by Gasteiger charge is 2.16. The van der Waals surface area contributed by atoms with Crippen molar-refractivity contribution in [3.8, 4) is 0 Å². The van der Waals surface area contributed by atoms with Crippen LogP contribution in [0.5, 0.6) is 0 Å². The second-order valence-corrected chi connectivity index (χ2v) is 2.77. The Balaban J connectivity index is 2.70. The number of fused-ring (bicyclic) bond motifs is 1. The van der Waals surface area contributed by atoms with Crippen LogP contribution in [0, 0.1) is 6.92 Å². The summed E-state index contributed by atoms with van der Waals surface area (Å²) < 4.78 is 0. The van der Waals surface area contributed by atoms with Gasteiger partial charge in [-0.1, -0.05) is 0 Å². The monoisotopic (exact) mass is 160 g/mol. The van der Waals surface area contributed by atoms with Crippen LogP contribution >= 0.6 is 0 Å².